The summed E-state index contributed by atoms with van der Waals surface area (Å²) in [5.74, 6) is 0.269. The molecule has 0 aliphatic rings. The summed E-state index contributed by atoms with van der Waals surface area (Å²) in [5, 5.41) is 6.68. The van der Waals surface area contributed by atoms with Gasteiger partial charge in [0.15, 0.2) is 11.5 Å². The summed E-state index contributed by atoms with van der Waals surface area (Å²) in [5.41, 5.74) is 5.80. The SMILES string of the molecule is CCOc1cc(C=NNC(=O)CC(=O)Nc2ccc(C)cc2C)cc(Br)c1OC(C)C. The van der Waals surface area contributed by atoms with Gasteiger partial charge < -0.3 is 14.8 Å². The highest BCUT2D eigenvalue weighted by Crippen LogP contribution is 2.37. The fourth-order valence-corrected chi connectivity index (χ4v) is 3.34. The van der Waals surface area contributed by atoms with Gasteiger partial charge in [0.2, 0.25) is 11.8 Å². The van der Waals surface area contributed by atoms with Crippen LogP contribution >= 0.6 is 15.9 Å². The molecule has 7 nitrogen and oxygen atoms in total. The maximum absolute atomic E-state index is 12.1. The van der Waals surface area contributed by atoms with Crippen molar-refractivity contribution in [2.75, 3.05) is 11.9 Å². The Bertz CT molecular complexity index is 974. The maximum Gasteiger partial charge on any atom is 0.249 e. The Labute approximate surface area is 191 Å². The van der Waals surface area contributed by atoms with Crippen LogP contribution in [0.15, 0.2) is 39.9 Å². The number of hydrogen-bond donors (Lipinski definition) is 2. The van der Waals surface area contributed by atoms with Crippen LogP contribution in [0.25, 0.3) is 0 Å². The lowest BCUT2D eigenvalue weighted by Gasteiger charge is -2.16. The van der Waals surface area contributed by atoms with E-state index in [4.69, 9.17) is 9.47 Å². The zero-order chi connectivity index (χ0) is 23.0. The predicted molar refractivity (Wildman–Crippen MR) is 126 cm³/mol. The number of benzene rings is 2. The highest BCUT2D eigenvalue weighted by molar-refractivity contribution is 9.10. The summed E-state index contributed by atoms with van der Waals surface area (Å²) in [6.45, 7) is 10.1. The molecule has 31 heavy (non-hydrogen) atoms. The van der Waals surface area contributed by atoms with E-state index in [9.17, 15) is 9.59 Å². The molecule has 0 unspecified atom stereocenters. The number of carbonyl (C=O) groups is 2. The summed E-state index contributed by atoms with van der Waals surface area (Å²) in [6.07, 6.45) is 1.13. The van der Waals surface area contributed by atoms with Gasteiger partial charge in [-0.3, -0.25) is 9.59 Å². The highest BCUT2D eigenvalue weighted by Gasteiger charge is 2.14. The minimum atomic E-state index is -0.512. The van der Waals surface area contributed by atoms with Crippen LogP contribution in [0.4, 0.5) is 5.69 Å². The molecule has 166 valence electrons. The van der Waals surface area contributed by atoms with Crippen molar-refractivity contribution < 1.29 is 19.1 Å². The zero-order valence-corrected chi connectivity index (χ0v) is 20.0. The number of anilines is 1. The van der Waals surface area contributed by atoms with Gasteiger partial charge in [0.25, 0.3) is 0 Å². The van der Waals surface area contributed by atoms with Crippen molar-refractivity contribution in [2.24, 2.45) is 5.10 Å². The first-order valence-electron chi connectivity index (χ1n) is 10.0. The maximum atomic E-state index is 12.1. The zero-order valence-electron chi connectivity index (χ0n) is 18.4. The van der Waals surface area contributed by atoms with Crippen LogP contribution in [0.3, 0.4) is 0 Å². The second-order valence-electron chi connectivity index (χ2n) is 7.27. The van der Waals surface area contributed by atoms with Gasteiger partial charge in [-0.05, 0) is 79.9 Å². The minimum absolute atomic E-state index is 0.0100. The fourth-order valence-electron chi connectivity index (χ4n) is 2.79. The van der Waals surface area contributed by atoms with Crippen LogP contribution in [0, 0.1) is 13.8 Å². The smallest absolute Gasteiger partial charge is 0.249 e. The minimum Gasteiger partial charge on any atom is -0.490 e. The van der Waals surface area contributed by atoms with Gasteiger partial charge in [-0.2, -0.15) is 5.10 Å². The number of carbonyl (C=O) groups excluding carboxylic acids is 2. The number of amides is 2. The Balaban J connectivity index is 1.97. The molecule has 0 aliphatic heterocycles. The number of nitrogens with zero attached hydrogens (tertiary/aromatic N) is 1. The first-order chi connectivity index (χ1) is 14.7. The Hall–Kier alpha value is -2.87. The van der Waals surface area contributed by atoms with E-state index < -0.39 is 11.8 Å². The second-order valence-corrected chi connectivity index (χ2v) is 8.12. The molecular weight excluding hydrogens is 462 g/mol. The molecule has 0 aliphatic carbocycles. The Morgan fingerprint density at radius 1 is 1.16 bits per heavy atom. The lowest BCUT2D eigenvalue weighted by Crippen LogP contribution is -2.24. The summed E-state index contributed by atoms with van der Waals surface area (Å²) in [4.78, 5) is 24.2. The normalized spacial score (nSPS) is 10.9. The third-order valence-corrected chi connectivity index (χ3v) is 4.65. The van der Waals surface area contributed by atoms with E-state index in [2.05, 4.69) is 31.8 Å². The average Bonchev–Trinajstić information content (AvgIpc) is 2.66. The number of hydrogen-bond acceptors (Lipinski definition) is 5. The van der Waals surface area contributed by atoms with Crippen LogP contribution in [0.2, 0.25) is 0 Å². The van der Waals surface area contributed by atoms with Gasteiger partial charge in [0.1, 0.15) is 6.42 Å². The number of hydrazone groups is 1. The first kappa shape index (κ1) is 24.4. The summed E-state index contributed by atoms with van der Waals surface area (Å²) >= 11 is 3.48. The van der Waals surface area contributed by atoms with Crippen molar-refractivity contribution in [1.29, 1.82) is 0 Å². The van der Waals surface area contributed by atoms with Crippen molar-refractivity contribution >= 4 is 39.6 Å². The van der Waals surface area contributed by atoms with Gasteiger partial charge in [0.05, 0.1) is 23.4 Å². The Morgan fingerprint density at radius 2 is 1.90 bits per heavy atom. The topological polar surface area (TPSA) is 89.0 Å². The van der Waals surface area contributed by atoms with Gasteiger partial charge in [-0.25, -0.2) is 5.43 Å². The number of nitrogens with one attached hydrogen (secondary N) is 2. The molecule has 0 saturated heterocycles. The predicted octanol–water partition coefficient (Wildman–Crippen LogP) is 4.73. The molecule has 8 heteroatoms. The fraction of sp³-hybridized carbons (Fsp3) is 0.348. The molecule has 0 atom stereocenters. The molecule has 0 fully saturated rings. The average molecular weight is 490 g/mol. The van der Waals surface area contributed by atoms with E-state index in [0.717, 1.165) is 11.1 Å². The summed E-state index contributed by atoms with van der Waals surface area (Å²) < 4.78 is 12.2. The van der Waals surface area contributed by atoms with Crippen LogP contribution in [-0.2, 0) is 9.59 Å². The molecule has 0 bridgehead atoms. The molecule has 0 saturated carbocycles. The molecule has 0 aromatic heterocycles. The van der Waals surface area contributed by atoms with E-state index in [1.807, 2.05) is 58.9 Å². The monoisotopic (exact) mass is 489 g/mol. The third-order valence-electron chi connectivity index (χ3n) is 4.07. The van der Waals surface area contributed by atoms with Gasteiger partial charge >= 0.3 is 0 Å². The highest BCUT2D eigenvalue weighted by atomic mass is 79.9. The summed E-state index contributed by atoms with van der Waals surface area (Å²) in [6, 6.07) is 9.27. The third kappa shape index (κ3) is 7.71. The molecule has 2 aromatic carbocycles. The van der Waals surface area contributed by atoms with Crippen molar-refractivity contribution in [2.45, 2.75) is 47.1 Å². The molecule has 2 aromatic rings. The Kier molecular flexibility index (Phi) is 9.05. The van der Waals surface area contributed by atoms with Crippen molar-refractivity contribution in [3.8, 4) is 11.5 Å². The van der Waals surface area contributed by atoms with Crippen LogP contribution in [0.5, 0.6) is 11.5 Å². The molecule has 2 N–H and O–H groups in total. The molecule has 0 heterocycles. The van der Waals surface area contributed by atoms with Crippen LogP contribution < -0.4 is 20.2 Å². The van der Waals surface area contributed by atoms with E-state index in [1.165, 1.54) is 6.21 Å². The Morgan fingerprint density at radius 3 is 2.55 bits per heavy atom. The lowest BCUT2D eigenvalue weighted by molar-refractivity contribution is -0.126. The first-order valence-corrected chi connectivity index (χ1v) is 10.8. The van der Waals surface area contributed by atoms with Crippen molar-refractivity contribution in [3.05, 3.63) is 51.5 Å². The van der Waals surface area contributed by atoms with Gasteiger partial charge in [0, 0.05) is 5.69 Å². The lowest BCUT2D eigenvalue weighted by atomic mass is 10.1. The van der Waals surface area contributed by atoms with Crippen LogP contribution in [-0.4, -0.2) is 30.7 Å². The number of ether oxygens (including phenoxy) is 2. The van der Waals surface area contributed by atoms with Crippen molar-refractivity contribution in [1.82, 2.24) is 5.43 Å². The van der Waals surface area contributed by atoms with Crippen LogP contribution in [0.1, 0.15) is 43.9 Å². The molecule has 0 radical (unpaired) electrons. The molecular formula is C23H28BrN3O4. The largest absolute Gasteiger partial charge is 0.490 e. The molecule has 2 rings (SSSR count). The number of halogens is 1. The second kappa shape index (κ2) is 11.5. The number of rotatable bonds is 9. The van der Waals surface area contributed by atoms with E-state index in [0.29, 0.717) is 33.8 Å². The van der Waals surface area contributed by atoms with E-state index in [-0.39, 0.29) is 12.5 Å². The standard InChI is InChI=1S/C23H28BrN3O4/c1-6-30-20-11-17(10-18(24)23(20)31-14(2)3)13-25-27-22(29)12-21(28)26-19-8-7-15(4)9-16(19)5/h7-11,13-14H,6,12H2,1-5H3,(H,26,28)(H,27,29). The van der Waals surface area contributed by atoms with Gasteiger partial charge in [-0.15, -0.1) is 0 Å². The van der Waals surface area contributed by atoms with Gasteiger partial charge in [-0.1, -0.05) is 17.7 Å². The quantitative estimate of drug-likeness (QED) is 0.302. The summed E-state index contributed by atoms with van der Waals surface area (Å²) in [7, 11) is 0. The molecule has 2 amide bonds. The van der Waals surface area contributed by atoms with E-state index in [1.54, 1.807) is 6.07 Å². The van der Waals surface area contributed by atoms with E-state index >= 15 is 0 Å². The number of aryl methyl sites for hydroxylation is 2. The van der Waals surface area contributed by atoms with Crippen molar-refractivity contribution in [3.63, 3.8) is 0 Å². The molecule has 0 spiro atoms.